The van der Waals surface area contributed by atoms with Gasteiger partial charge in [0.2, 0.25) is 0 Å². The second kappa shape index (κ2) is 8.36. The van der Waals surface area contributed by atoms with Crippen molar-refractivity contribution in [3.8, 4) is 0 Å². The maximum Gasteiger partial charge on any atom is 0.335 e. The Morgan fingerprint density at radius 2 is 1.83 bits per heavy atom. The summed E-state index contributed by atoms with van der Waals surface area (Å²) in [7, 11) is 2.72. The van der Waals surface area contributed by atoms with E-state index in [1.165, 1.54) is 19.8 Å². The number of methoxy groups -OCH3 is 2. The van der Waals surface area contributed by atoms with E-state index >= 15 is 0 Å². The number of esters is 2. The third-order valence-electron chi connectivity index (χ3n) is 4.03. The van der Waals surface area contributed by atoms with Crippen molar-refractivity contribution in [2.75, 3.05) is 20.8 Å². The summed E-state index contributed by atoms with van der Waals surface area (Å²) in [5.41, 5.74) is 2.78. The molecule has 23 heavy (non-hydrogen) atoms. The molecule has 0 atom stereocenters. The van der Waals surface area contributed by atoms with E-state index in [0.717, 1.165) is 31.6 Å². The van der Waals surface area contributed by atoms with Crippen molar-refractivity contribution in [3.63, 3.8) is 0 Å². The van der Waals surface area contributed by atoms with Crippen molar-refractivity contribution in [3.05, 3.63) is 47.2 Å². The van der Waals surface area contributed by atoms with Crippen molar-refractivity contribution < 1.29 is 19.1 Å². The number of benzene rings is 1. The summed E-state index contributed by atoms with van der Waals surface area (Å²) in [5.74, 6) is -0.677. The maximum absolute atomic E-state index is 12.1. The van der Waals surface area contributed by atoms with Gasteiger partial charge < -0.3 is 14.4 Å². The molecule has 0 aliphatic carbocycles. The van der Waals surface area contributed by atoms with E-state index in [4.69, 9.17) is 4.74 Å². The van der Waals surface area contributed by atoms with Crippen LogP contribution < -0.4 is 0 Å². The van der Waals surface area contributed by atoms with Gasteiger partial charge in [0.05, 0.1) is 19.8 Å². The number of ether oxygens (including phenoxy) is 2. The molecule has 1 aliphatic heterocycles. The summed E-state index contributed by atoms with van der Waals surface area (Å²) in [6.07, 6.45) is 2.36. The molecule has 0 unspecified atom stereocenters. The second-order valence-corrected chi connectivity index (χ2v) is 5.50. The van der Waals surface area contributed by atoms with Gasteiger partial charge in [-0.25, -0.2) is 4.79 Å². The third-order valence-corrected chi connectivity index (χ3v) is 4.03. The van der Waals surface area contributed by atoms with Crippen LogP contribution in [-0.4, -0.2) is 37.6 Å². The van der Waals surface area contributed by atoms with Crippen molar-refractivity contribution in [1.29, 1.82) is 0 Å². The fourth-order valence-electron chi connectivity index (χ4n) is 2.87. The minimum absolute atomic E-state index is 0.184. The van der Waals surface area contributed by atoms with E-state index in [1.54, 1.807) is 0 Å². The van der Waals surface area contributed by atoms with Gasteiger partial charge in [0.15, 0.2) is 0 Å². The number of hydrogen-bond acceptors (Lipinski definition) is 5. The van der Waals surface area contributed by atoms with Crippen molar-refractivity contribution >= 4 is 11.9 Å². The van der Waals surface area contributed by atoms with Crippen molar-refractivity contribution in [1.82, 2.24) is 4.90 Å². The molecule has 0 aromatic heterocycles. The fourth-order valence-corrected chi connectivity index (χ4v) is 2.87. The first kappa shape index (κ1) is 17.1. The lowest BCUT2D eigenvalue weighted by Crippen LogP contribution is -2.21. The highest BCUT2D eigenvalue weighted by Crippen LogP contribution is 2.29. The van der Waals surface area contributed by atoms with Gasteiger partial charge >= 0.3 is 11.9 Å². The van der Waals surface area contributed by atoms with Gasteiger partial charge in [0, 0.05) is 25.2 Å². The van der Waals surface area contributed by atoms with Crippen LogP contribution in [0.4, 0.5) is 0 Å². The highest BCUT2D eigenvalue weighted by molar-refractivity contribution is 5.90. The normalized spacial score (nSPS) is 16.2. The predicted octanol–water partition coefficient (Wildman–Crippen LogP) is 2.66. The Balaban J connectivity index is 2.20. The van der Waals surface area contributed by atoms with Gasteiger partial charge in [0.1, 0.15) is 0 Å². The van der Waals surface area contributed by atoms with E-state index in [0.29, 0.717) is 12.0 Å². The molecule has 0 radical (unpaired) electrons. The molecule has 0 bridgehead atoms. The predicted molar refractivity (Wildman–Crippen MR) is 86.4 cm³/mol. The van der Waals surface area contributed by atoms with E-state index in [-0.39, 0.29) is 18.4 Å². The van der Waals surface area contributed by atoms with E-state index in [2.05, 4.69) is 21.8 Å². The first-order valence-electron chi connectivity index (χ1n) is 7.81. The summed E-state index contributed by atoms with van der Waals surface area (Å²) >= 11 is 0. The maximum atomic E-state index is 12.1. The molecule has 0 saturated carbocycles. The number of allylic oxidation sites excluding steroid dienone is 1. The molecular weight excluding hydrogens is 294 g/mol. The molecule has 1 aromatic rings. The Bertz CT molecular complexity index is 580. The molecule has 1 aromatic carbocycles. The largest absolute Gasteiger partial charge is 0.469 e. The van der Waals surface area contributed by atoms with Crippen molar-refractivity contribution in [2.45, 2.75) is 32.2 Å². The molecule has 1 aliphatic rings. The van der Waals surface area contributed by atoms with Gasteiger partial charge in [-0.05, 0) is 24.8 Å². The van der Waals surface area contributed by atoms with Crippen LogP contribution in [0.1, 0.15) is 31.2 Å². The topological polar surface area (TPSA) is 55.8 Å². The molecule has 1 fully saturated rings. The molecule has 2 rings (SSSR count). The summed E-state index contributed by atoms with van der Waals surface area (Å²) in [6.45, 7) is 1.66. The minimum Gasteiger partial charge on any atom is -0.469 e. The molecule has 5 heteroatoms. The monoisotopic (exact) mass is 317 g/mol. The highest BCUT2D eigenvalue weighted by Gasteiger charge is 2.25. The van der Waals surface area contributed by atoms with Gasteiger partial charge in [-0.1, -0.05) is 30.3 Å². The summed E-state index contributed by atoms with van der Waals surface area (Å²) in [6, 6.07) is 10.1. The first-order valence-corrected chi connectivity index (χ1v) is 7.81. The molecule has 1 heterocycles. The average molecular weight is 317 g/mol. The van der Waals surface area contributed by atoms with Crippen LogP contribution >= 0.6 is 0 Å². The Morgan fingerprint density at radius 3 is 2.48 bits per heavy atom. The minimum atomic E-state index is -0.358. The van der Waals surface area contributed by atoms with Gasteiger partial charge in [0.25, 0.3) is 0 Å². The number of likely N-dealkylation sites (tertiary alicyclic amines) is 1. The summed E-state index contributed by atoms with van der Waals surface area (Å²) in [4.78, 5) is 25.8. The molecule has 0 amide bonds. The number of carbonyl (C=O) groups excluding carboxylic acids is 2. The zero-order chi connectivity index (χ0) is 16.7. The SMILES string of the molecule is COC(=O)CC/C(C(=O)OC)=C1/CCCN1Cc1ccccc1. The molecule has 1 saturated heterocycles. The van der Waals surface area contributed by atoms with Gasteiger partial charge in [-0.15, -0.1) is 0 Å². The van der Waals surface area contributed by atoms with Crippen LogP contribution in [0.25, 0.3) is 0 Å². The van der Waals surface area contributed by atoms with E-state index < -0.39 is 0 Å². The fraction of sp³-hybridized carbons (Fsp3) is 0.444. The number of hydrogen-bond donors (Lipinski definition) is 0. The van der Waals surface area contributed by atoms with Crippen LogP contribution in [0.2, 0.25) is 0 Å². The molecule has 5 nitrogen and oxygen atoms in total. The molecule has 0 spiro atoms. The smallest absolute Gasteiger partial charge is 0.335 e. The zero-order valence-corrected chi connectivity index (χ0v) is 13.7. The van der Waals surface area contributed by atoms with Crippen LogP contribution in [0.5, 0.6) is 0 Å². The second-order valence-electron chi connectivity index (χ2n) is 5.50. The third kappa shape index (κ3) is 4.58. The lowest BCUT2D eigenvalue weighted by molar-refractivity contribution is -0.140. The average Bonchev–Trinajstić information content (AvgIpc) is 3.03. The Kier molecular flexibility index (Phi) is 6.20. The van der Waals surface area contributed by atoms with Gasteiger partial charge in [-0.3, -0.25) is 4.79 Å². The Hall–Kier alpha value is -2.30. The zero-order valence-electron chi connectivity index (χ0n) is 13.7. The van der Waals surface area contributed by atoms with Gasteiger partial charge in [-0.2, -0.15) is 0 Å². The van der Waals surface area contributed by atoms with Crippen LogP contribution in [-0.2, 0) is 25.6 Å². The van der Waals surface area contributed by atoms with Crippen LogP contribution in [0, 0.1) is 0 Å². The Labute approximate surface area is 136 Å². The number of rotatable bonds is 6. The quantitative estimate of drug-likeness (QED) is 0.596. The van der Waals surface area contributed by atoms with Crippen molar-refractivity contribution in [2.24, 2.45) is 0 Å². The number of carbonyl (C=O) groups is 2. The lowest BCUT2D eigenvalue weighted by Gasteiger charge is -2.23. The standard InChI is InChI=1S/C18H23NO4/c1-22-17(20)11-10-15(18(21)23-2)16-9-6-12-19(16)13-14-7-4-3-5-8-14/h3-5,7-8H,6,9-13H2,1-2H3/b16-15+. The molecular formula is C18H23NO4. The molecule has 124 valence electrons. The lowest BCUT2D eigenvalue weighted by atomic mass is 10.1. The molecule has 0 N–H and O–H groups in total. The highest BCUT2D eigenvalue weighted by atomic mass is 16.5. The number of nitrogens with zero attached hydrogens (tertiary/aromatic N) is 1. The summed E-state index contributed by atoms with van der Waals surface area (Å²) in [5, 5.41) is 0. The Morgan fingerprint density at radius 1 is 1.09 bits per heavy atom. The summed E-state index contributed by atoms with van der Waals surface area (Å²) < 4.78 is 9.59. The van der Waals surface area contributed by atoms with E-state index in [1.807, 2.05) is 18.2 Å². The van der Waals surface area contributed by atoms with Crippen LogP contribution in [0.3, 0.4) is 0 Å². The first-order chi connectivity index (χ1) is 11.2. The van der Waals surface area contributed by atoms with E-state index in [9.17, 15) is 9.59 Å². The van der Waals surface area contributed by atoms with Crippen LogP contribution in [0.15, 0.2) is 41.6 Å².